The van der Waals surface area contributed by atoms with E-state index in [0.29, 0.717) is 41.7 Å². The molecule has 5 rings (SSSR count). The van der Waals surface area contributed by atoms with E-state index in [9.17, 15) is 14.0 Å². The van der Waals surface area contributed by atoms with Crippen LogP contribution < -0.4 is 19.7 Å². The number of carbonyl (C=O) groups excluding carboxylic acids is 2. The molecule has 1 atom stereocenters. The molecule has 0 spiro atoms. The van der Waals surface area contributed by atoms with Gasteiger partial charge in [-0.2, -0.15) is 0 Å². The number of rotatable bonds is 4. The lowest BCUT2D eigenvalue weighted by atomic mass is 10.1. The maximum absolute atomic E-state index is 13.1. The SMILES string of the molecule is O=C(Nc1ccc([C@@H]2SCC(=O)N2c2ccc3c(c2)OCCO3)cc1)c1ccc(F)cc1. The molecule has 2 heterocycles. The Morgan fingerprint density at radius 2 is 1.69 bits per heavy atom. The minimum absolute atomic E-state index is 0.0189. The Labute approximate surface area is 188 Å². The van der Waals surface area contributed by atoms with Crippen molar-refractivity contribution in [1.82, 2.24) is 0 Å². The Morgan fingerprint density at radius 1 is 0.969 bits per heavy atom. The molecule has 2 amide bonds. The summed E-state index contributed by atoms with van der Waals surface area (Å²) in [5, 5.41) is 2.61. The molecule has 1 fully saturated rings. The zero-order chi connectivity index (χ0) is 22.1. The first kappa shape index (κ1) is 20.4. The number of benzene rings is 3. The Kier molecular flexibility index (Phi) is 5.45. The number of thioether (sulfide) groups is 1. The molecule has 0 radical (unpaired) electrons. The van der Waals surface area contributed by atoms with Crippen molar-refractivity contribution >= 4 is 35.0 Å². The number of carbonyl (C=O) groups is 2. The quantitative estimate of drug-likeness (QED) is 0.628. The molecule has 0 aromatic heterocycles. The Morgan fingerprint density at radius 3 is 2.44 bits per heavy atom. The van der Waals surface area contributed by atoms with Gasteiger partial charge in [-0.1, -0.05) is 12.1 Å². The van der Waals surface area contributed by atoms with Crippen molar-refractivity contribution in [3.8, 4) is 11.5 Å². The molecule has 3 aromatic carbocycles. The van der Waals surface area contributed by atoms with Crippen LogP contribution in [-0.4, -0.2) is 30.8 Å². The van der Waals surface area contributed by atoms with Crippen LogP contribution in [0.2, 0.25) is 0 Å². The average molecular weight is 450 g/mol. The number of hydrogen-bond donors (Lipinski definition) is 1. The first-order chi connectivity index (χ1) is 15.6. The summed E-state index contributed by atoms with van der Waals surface area (Å²) < 4.78 is 24.3. The molecule has 3 aromatic rings. The molecule has 0 aliphatic carbocycles. The summed E-state index contributed by atoms with van der Waals surface area (Å²) in [6, 6.07) is 18.3. The Hall–Kier alpha value is -3.52. The van der Waals surface area contributed by atoms with Crippen LogP contribution in [-0.2, 0) is 4.79 Å². The zero-order valence-electron chi connectivity index (χ0n) is 16.9. The summed E-state index contributed by atoms with van der Waals surface area (Å²) in [6.07, 6.45) is 0. The van der Waals surface area contributed by atoms with Crippen LogP contribution in [0.5, 0.6) is 11.5 Å². The molecule has 0 saturated carbocycles. The minimum Gasteiger partial charge on any atom is -0.486 e. The van der Waals surface area contributed by atoms with E-state index in [1.165, 1.54) is 24.3 Å². The number of nitrogens with one attached hydrogen (secondary N) is 1. The zero-order valence-corrected chi connectivity index (χ0v) is 17.7. The molecule has 2 aliphatic rings. The van der Waals surface area contributed by atoms with Crippen LogP contribution in [0.1, 0.15) is 21.3 Å². The van der Waals surface area contributed by atoms with Crippen LogP contribution in [0, 0.1) is 5.82 Å². The highest BCUT2D eigenvalue weighted by Crippen LogP contribution is 2.44. The standard InChI is InChI=1S/C24H19FN2O4S/c25-17-5-1-15(2-6-17)23(29)26-18-7-3-16(4-8-18)24-27(22(28)14-32-24)19-9-10-20-21(13-19)31-12-11-30-20/h1-10,13,24H,11-12,14H2,(H,26,29)/t24-/m0/s1. The lowest BCUT2D eigenvalue weighted by Gasteiger charge is -2.26. The normalized spacial score (nSPS) is 17.3. The van der Waals surface area contributed by atoms with E-state index in [1.54, 1.807) is 28.8 Å². The average Bonchev–Trinajstić information content (AvgIpc) is 3.21. The first-order valence-electron chi connectivity index (χ1n) is 10.1. The summed E-state index contributed by atoms with van der Waals surface area (Å²) in [6.45, 7) is 0.991. The molecular formula is C24H19FN2O4S. The maximum atomic E-state index is 13.1. The number of nitrogens with zero attached hydrogens (tertiary/aromatic N) is 1. The number of ether oxygens (including phenoxy) is 2. The smallest absolute Gasteiger partial charge is 0.255 e. The van der Waals surface area contributed by atoms with Crippen molar-refractivity contribution in [1.29, 1.82) is 0 Å². The van der Waals surface area contributed by atoms with Gasteiger partial charge >= 0.3 is 0 Å². The third-order valence-corrected chi connectivity index (χ3v) is 6.44. The summed E-state index contributed by atoms with van der Waals surface area (Å²) in [4.78, 5) is 26.8. The summed E-state index contributed by atoms with van der Waals surface area (Å²) in [5.41, 5.74) is 2.68. The predicted octanol–water partition coefficient (Wildman–Crippen LogP) is 4.63. The third kappa shape index (κ3) is 4.01. The number of fused-ring (bicyclic) bond motifs is 1. The van der Waals surface area contributed by atoms with E-state index in [4.69, 9.17) is 9.47 Å². The fourth-order valence-electron chi connectivity index (χ4n) is 3.67. The van der Waals surface area contributed by atoms with Gasteiger partial charge in [0.1, 0.15) is 24.4 Å². The largest absolute Gasteiger partial charge is 0.486 e. The Bertz CT molecular complexity index is 1170. The van der Waals surface area contributed by atoms with Crippen LogP contribution in [0.3, 0.4) is 0 Å². The monoisotopic (exact) mass is 450 g/mol. The van der Waals surface area contributed by atoms with Gasteiger partial charge in [0, 0.05) is 23.0 Å². The highest BCUT2D eigenvalue weighted by molar-refractivity contribution is 8.00. The highest BCUT2D eigenvalue weighted by atomic mass is 32.2. The van der Waals surface area contributed by atoms with Gasteiger partial charge < -0.3 is 14.8 Å². The topological polar surface area (TPSA) is 67.9 Å². The second kappa shape index (κ2) is 8.55. The molecule has 2 aliphatic heterocycles. The van der Waals surface area contributed by atoms with Gasteiger partial charge in [-0.05, 0) is 54.1 Å². The Balaban J connectivity index is 1.34. The molecule has 0 bridgehead atoms. The number of halogens is 1. The van der Waals surface area contributed by atoms with E-state index in [0.717, 1.165) is 11.3 Å². The lowest BCUT2D eigenvalue weighted by Crippen LogP contribution is -2.28. The third-order valence-electron chi connectivity index (χ3n) is 5.23. The van der Waals surface area contributed by atoms with Crippen molar-refractivity contribution in [3.05, 3.63) is 83.7 Å². The summed E-state index contributed by atoms with van der Waals surface area (Å²) >= 11 is 1.54. The fraction of sp³-hybridized carbons (Fsp3) is 0.167. The van der Waals surface area contributed by atoms with Gasteiger partial charge in [-0.15, -0.1) is 11.8 Å². The maximum Gasteiger partial charge on any atom is 0.255 e. The molecular weight excluding hydrogens is 431 g/mol. The molecule has 1 saturated heterocycles. The molecule has 1 N–H and O–H groups in total. The van der Waals surface area contributed by atoms with Crippen LogP contribution in [0.4, 0.5) is 15.8 Å². The van der Waals surface area contributed by atoms with Crippen LogP contribution in [0.15, 0.2) is 66.7 Å². The van der Waals surface area contributed by atoms with Crippen LogP contribution >= 0.6 is 11.8 Å². The van der Waals surface area contributed by atoms with E-state index < -0.39 is 5.82 Å². The molecule has 32 heavy (non-hydrogen) atoms. The summed E-state index contributed by atoms with van der Waals surface area (Å²) in [5.74, 6) is 0.999. The number of amides is 2. The van der Waals surface area contributed by atoms with Crippen molar-refractivity contribution in [3.63, 3.8) is 0 Å². The van der Waals surface area contributed by atoms with E-state index in [1.807, 2.05) is 30.3 Å². The lowest BCUT2D eigenvalue weighted by molar-refractivity contribution is -0.115. The van der Waals surface area contributed by atoms with Gasteiger partial charge in [-0.25, -0.2) is 4.39 Å². The summed E-state index contributed by atoms with van der Waals surface area (Å²) in [7, 11) is 0. The highest BCUT2D eigenvalue weighted by Gasteiger charge is 2.34. The second-order valence-electron chi connectivity index (χ2n) is 7.34. The van der Waals surface area contributed by atoms with Gasteiger partial charge in [0.25, 0.3) is 5.91 Å². The molecule has 0 unspecified atom stereocenters. The molecule has 162 valence electrons. The van der Waals surface area contributed by atoms with Gasteiger partial charge in [0.15, 0.2) is 11.5 Å². The van der Waals surface area contributed by atoms with Gasteiger partial charge in [0.05, 0.1) is 5.75 Å². The predicted molar refractivity (Wildman–Crippen MR) is 121 cm³/mol. The van der Waals surface area contributed by atoms with Crippen molar-refractivity contribution in [2.45, 2.75) is 5.37 Å². The molecule has 8 heteroatoms. The number of anilines is 2. The first-order valence-corrected chi connectivity index (χ1v) is 11.1. The van der Waals surface area contributed by atoms with Crippen molar-refractivity contribution < 1.29 is 23.5 Å². The second-order valence-corrected chi connectivity index (χ2v) is 8.41. The van der Waals surface area contributed by atoms with Gasteiger partial charge in [0.2, 0.25) is 5.91 Å². The minimum atomic E-state index is -0.392. The van der Waals surface area contributed by atoms with Crippen LogP contribution in [0.25, 0.3) is 0 Å². The fourth-order valence-corrected chi connectivity index (χ4v) is 4.84. The van der Waals surface area contributed by atoms with E-state index in [2.05, 4.69) is 5.32 Å². The van der Waals surface area contributed by atoms with E-state index in [-0.39, 0.29) is 17.2 Å². The molecule has 6 nitrogen and oxygen atoms in total. The van der Waals surface area contributed by atoms with Gasteiger partial charge in [-0.3, -0.25) is 14.5 Å². The van der Waals surface area contributed by atoms with E-state index >= 15 is 0 Å². The number of hydrogen-bond acceptors (Lipinski definition) is 5. The van der Waals surface area contributed by atoms with Crippen molar-refractivity contribution in [2.24, 2.45) is 0 Å². The van der Waals surface area contributed by atoms with Crippen molar-refractivity contribution in [2.75, 3.05) is 29.2 Å².